The van der Waals surface area contributed by atoms with E-state index in [0.29, 0.717) is 22.8 Å². The van der Waals surface area contributed by atoms with E-state index in [4.69, 9.17) is 4.74 Å². The van der Waals surface area contributed by atoms with Gasteiger partial charge >= 0.3 is 0 Å². The molecule has 2 aromatic rings. The molecule has 1 N–H and O–H groups in total. The lowest BCUT2D eigenvalue weighted by atomic mass is 9.90. The highest BCUT2D eigenvalue weighted by atomic mass is 16.6. The standard InChI is InChI=1S/C14H18N4O4/c1-14(2,3)13-10(8-19)15-16-17(13)11-7-9(18(20)21)5-6-12(11)22-4/h5-7,19H,8H2,1-4H3. The summed E-state index contributed by atoms with van der Waals surface area (Å²) in [4.78, 5) is 10.5. The Kier molecular flexibility index (Phi) is 4.14. The van der Waals surface area contributed by atoms with Crippen LogP contribution in [0.25, 0.3) is 5.69 Å². The van der Waals surface area contributed by atoms with E-state index in [1.165, 1.54) is 30.0 Å². The Balaban J connectivity index is 2.73. The molecule has 1 heterocycles. The Labute approximate surface area is 127 Å². The Morgan fingerprint density at radius 3 is 2.59 bits per heavy atom. The second-order valence-electron chi connectivity index (χ2n) is 5.82. The van der Waals surface area contributed by atoms with Crippen molar-refractivity contribution in [1.82, 2.24) is 15.0 Å². The molecule has 0 atom stereocenters. The van der Waals surface area contributed by atoms with E-state index in [2.05, 4.69) is 10.3 Å². The third kappa shape index (κ3) is 2.77. The summed E-state index contributed by atoms with van der Waals surface area (Å²) in [5, 5.41) is 28.5. The number of nitro benzene ring substituents is 1. The molecular weight excluding hydrogens is 288 g/mol. The van der Waals surface area contributed by atoms with Gasteiger partial charge < -0.3 is 9.84 Å². The van der Waals surface area contributed by atoms with E-state index in [1.807, 2.05) is 20.8 Å². The van der Waals surface area contributed by atoms with Crippen LogP contribution in [0.5, 0.6) is 5.75 Å². The van der Waals surface area contributed by atoms with Crippen molar-refractivity contribution in [1.29, 1.82) is 0 Å². The smallest absolute Gasteiger partial charge is 0.271 e. The van der Waals surface area contributed by atoms with Gasteiger partial charge in [0.05, 0.1) is 24.3 Å². The summed E-state index contributed by atoms with van der Waals surface area (Å²) < 4.78 is 6.75. The molecule has 0 spiro atoms. The zero-order chi connectivity index (χ0) is 16.5. The maximum absolute atomic E-state index is 11.0. The van der Waals surface area contributed by atoms with Gasteiger partial charge in [-0.25, -0.2) is 4.68 Å². The van der Waals surface area contributed by atoms with Crippen molar-refractivity contribution < 1.29 is 14.8 Å². The number of aliphatic hydroxyl groups is 1. The lowest BCUT2D eigenvalue weighted by molar-refractivity contribution is -0.384. The van der Waals surface area contributed by atoms with E-state index in [1.54, 1.807) is 0 Å². The molecule has 8 heteroatoms. The zero-order valence-electron chi connectivity index (χ0n) is 12.9. The molecule has 0 bridgehead atoms. The van der Waals surface area contributed by atoms with Crippen molar-refractivity contribution in [2.24, 2.45) is 0 Å². The quantitative estimate of drug-likeness (QED) is 0.684. The van der Waals surface area contributed by atoms with E-state index in [-0.39, 0.29) is 17.7 Å². The summed E-state index contributed by atoms with van der Waals surface area (Å²) >= 11 is 0. The van der Waals surface area contributed by atoms with Gasteiger partial charge in [-0.2, -0.15) is 0 Å². The number of methoxy groups -OCH3 is 1. The molecule has 22 heavy (non-hydrogen) atoms. The summed E-state index contributed by atoms with van der Waals surface area (Å²) in [5.74, 6) is 0.436. The first-order chi connectivity index (χ1) is 10.3. The minimum Gasteiger partial charge on any atom is -0.494 e. The molecule has 118 valence electrons. The van der Waals surface area contributed by atoms with Gasteiger partial charge in [0.2, 0.25) is 0 Å². The lowest BCUT2D eigenvalue weighted by Gasteiger charge is -2.21. The molecule has 0 radical (unpaired) electrons. The van der Waals surface area contributed by atoms with Gasteiger partial charge in [-0.1, -0.05) is 26.0 Å². The molecule has 1 aromatic carbocycles. The van der Waals surface area contributed by atoms with E-state index in [0.717, 1.165) is 0 Å². The number of hydrogen-bond donors (Lipinski definition) is 1. The summed E-state index contributed by atoms with van der Waals surface area (Å²) in [6.45, 7) is 5.59. The number of hydrogen-bond acceptors (Lipinski definition) is 6. The Morgan fingerprint density at radius 2 is 2.09 bits per heavy atom. The predicted octanol–water partition coefficient (Wildman–Crippen LogP) is 1.97. The van der Waals surface area contributed by atoms with Crippen molar-refractivity contribution in [2.45, 2.75) is 32.8 Å². The number of nitrogens with zero attached hydrogens (tertiary/aromatic N) is 4. The molecule has 0 unspecified atom stereocenters. The van der Waals surface area contributed by atoms with Crippen LogP contribution in [0.2, 0.25) is 0 Å². The second-order valence-corrected chi connectivity index (χ2v) is 5.82. The largest absolute Gasteiger partial charge is 0.494 e. The van der Waals surface area contributed by atoms with Crippen LogP contribution < -0.4 is 4.74 Å². The summed E-state index contributed by atoms with van der Waals surface area (Å²) in [6.07, 6.45) is 0. The predicted molar refractivity (Wildman–Crippen MR) is 79.2 cm³/mol. The van der Waals surface area contributed by atoms with Crippen LogP contribution in [0.1, 0.15) is 32.2 Å². The zero-order valence-corrected chi connectivity index (χ0v) is 12.9. The van der Waals surface area contributed by atoms with Gasteiger partial charge in [-0.05, 0) is 6.07 Å². The third-order valence-corrected chi connectivity index (χ3v) is 3.20. The number of benzene rings is 1. The van der Waals surface area contributed by atoms with Crippen LogP contribution in [0.3, 0.4) is 0 Å². The van der Waals surface area contributed by atoms with Gasteiger partial charge in [0.15, 0.2) is 0 Å². The molecule has 0 saturated carbocycles. The minimum absolute atomic E-state index is 0.0725. The summed E-state index contributed by atoms with van der Waals surface area (Å²) in [6, 6.07) is 4.26. The first-order valence-electron chi connectivity index (χ1n) is 6.68. The number of ether oxygens (including phenoxy) is 1. The Hall–Kier alpha value is -2.48. The van der Waals surface area contributed by atoms with Crippen molar-refractivity contribution in [3.8, 4) is 11.4 Å². The summed E-state index contributed by atoms with van der Waals surface area (Å²) in [5.41, 5.74) is 1.08. The number of aromatic nitrogens is 3. The highest BCUT2D eigenvalue weighted by Crippen LogP contribution is 2.32. The topological polar surface area (TPSA) is 103 Å². The molecule has 0 aliphatic heterocycles. The van der Waals surface area contributed by atoms with Crippen LogP contribution in [-0.2, 0) is 12.0 Å². The van der Waals surface area contributed by atoms with Crippen molar-refractivity contribution in [3.63, 3.8) is 0 Å². The maximum Gasteiger partial charge on any atom is 0.271 e. The van der Waals surface area contributed by atoms with Gasteiger partial charge in [-0.15, -0.1) is 5.10 Å². The van der Waals surface area contributed by atoms with E-state index in [9.17, 15) is 15.2 Å². The molecular formula is C14H18N4O4. The average Bonchev–Trinajstić information content (AvgIpc) is 2.90. The molecule has 0 fully saturated rings. The minimum atomic E-state index is -0.483. The van der Waals surface area contributed by atoms with Gasteiger partial charge in [-0.3, -0.25) is 10.1 Å². The molecule has 0 aliphatic rings. The van der Waals surface area contributed by atoms with Gasteiger partial charge in [0.25, 0.3) is 5.69 Å². The monoisotopic (exact) mass is 306 g/mol. The molecule has 0 amide bonds. The molecule has 0 saturated heterocycles. The van der Waals surface area contributed by atoms with Crippen LogP contribution in [0.15, 0.2) is 18.2 Å². The average molecular weight is 306 g/mol. The molecule has 8 nitrogen and oxygen atoms in total. The molecule has 2 rings (SSSR count). The normalized spacial score (nSPS) is 11.5. The van der Waals surface area contributed by atoms with Crippen LogP contribution >= 0.6 is 0 Å². The maximum atomic E-state index is 11.0. The molecule has 1 aromatic heterocycles. The Morgan fingerprint density at radius 1 is 1.41 bits per heavy atom. The highest BCUT2D eigenvalue weighted by Gasteiger charge is 2.27. The number of aliphatic hydroxyl groups excluding tert-OH is 1. The first kappa shape index (κ1) is 15.9. The van der Waals surface area contributed by atoms with Gasteiger partial charge in [0.1, 0.15) is 17.1 Å². The highest BCUT2D eigenvalue weighted by molar-refractivity contribution is 5.54. The van der Waals surface area contributed by atoms with Crippen molar-refractivity contribution in [2.75, 3.05) is 7.11 Å². The van der Waals surface area contributed by atoms with Crippen LogP contribution in [0, 0.1) is 10.1 Å². The van der Waals surface area contributed by atoms with Crippen molar-refractivity contribution in [3.05, 3.63) is 39.7 Å². The lowest BCUT2D eigenvalue weighted by Crippen LogP contribution is -2.20. The Bertz CT molecular complexity index is 703. The second kappa shape index (κ2) is 5.72. The molecule has 0 aliphatic carbocycles. The van der Waals surface area contributed by atoms with Gasteiger partial charge in [0, 0.05) is 17.5 Å². The fourth-order valence-corrected chi connectivity index (χ4v) is 2.30. The van der Waals surface area contributed by atoms with Crippen molar-refractivity contribution >= 4 is 5.69 Å². The number of non-ortho nitro benzene ring substituents is 1. The fourth-order valence-electron chi connectivity index (χ4n) is 2.30. The SMILES string of the molecule is COc1ccc([N+](=O)[O-])cc1-n1nnc(CO)c1C(C)(C)C. The fraction of sp³-hybridized carbons (Fsp3) is 0.429. The summed E-state index contributed by atoms with van der Waals surface area (Å²) in [7, 11) is 1.48. The van der Waals surface area contributed by atoms with Crippen LogP contribution in [-0.4, -0.2) is 32.1 Å². The van der Waals surface area contributed by atoms with E-state index < -0.39 is 4.92 Å². The number of nitro groups is 1. The first-order valence-corrected chi connectivity index (χ1v) is 6.68. The number of rotatable bonds is 4. The van der Waals surface area contributed by atoms with Crippen LogP contribution in [0.4, 0.5) is 5.69 Å². The third-order valence-electron chi connectivity index (χ3n) is 3.20. The van der Waals surface area contributed by atoms with E-state index >= 15 is 0 Å².